The largest absolute Gasteiger partial charge is 0.463 e. The van der Waals surface area contributed by atoms with E-state index in [1.165, 1.54) is 26.0 Å². The molecule has 4 amide bonds. The lowest BCUT2D eigenvalue weighted by Crippen LogP contribution is -2.72. The third-order valence-corrected chi connectivity index (χ3v) is 18.9. The van der Waals surface area contributed by atoms with Gasteiger partial charge in [0.05, 0.1) is 57.4 Å². The number of rotatable bonds is 35. The van der Waals surface area contributed by atoms with Crippen molar-refractivity contribution >= 4 is 41.5 Å². The van der Waals surface area contributed by atoms with Gasteiger partial charge in [-0.15, -0.1) is 0 Å². The lowest BCUT2D eigenvalue weighted by molar-refractivity contribution is -0.381. The van der Waals surface area contributed by atoms with Crippen molar-refractivity contribution in [2.45, 2.75) is 205 Å². The van der Waals surface area contributed by atoms with Gasteiger partial charge < -0.3 is 66.3 Å². The van der Waals surface area contributed by atoms with Crippen LogP contribution in [0, 0.1) is 0 Å². The summed E-state index contributed by atoms with van der Waals surface area (Å²) in [6.45, 7) is 7.65. The SMILES string of the molecule is CCCCCCCCO[C@H]1O[C@H](COCc2ccccc2)[C@@H](OCc2ccccc2)[C@H](OCc2ccccc2)[C@@H]1O[C@@H]1O[C@H](COCc2ccccc2)[C@@H](O[C@@H]2O[C@H](COC(C)=O)[C@H](OC(C)=O)[C@H](OC(C)=O)[C@H]2N2C(=O)C(C)=C(C)C2=O)[C@H](OCc2ccccc2)[C@H]1N1C(=O)c2ccccc2C1=O. The molecule has 15 atom stereocenters. The molecule has 0 spiro atoms. The lowest BCUT2D eigenvalue weighted by Gasteiger charge is -2.53. The summed E-state index contributed by atoms with van der Waals surface area (Å²) in [6.07, 6.45) is -13.6. The molecule has 23 heteroatoms. The van der Waals surface area contributed by atoms with Gasteiger partial charge in [0.25, 0.3) is 23.6 Å². The molecule has 3 saturated heterocycles. The molecule has 0 aromatic heterocycles. The number of carbonyl (C=O) groups is 7. The summed E-state index contributed by atoms with van der Waals surface area (Å²) in [5, 5.41) is 0. The van der Waals surface area contributed by atoms with E-state index in [9.17, 15) is 24.0 Å². The maximum Gasteiger partial charge on any atom is 0.303 e. The predicted octanol–water partition coefficient (Wildman–Crippen LogP) is 10.7. The van der Waals surface area contributed by atoms with Gasteiger partial charge in [-0.3, -0.25) is 43.4 Å². The van der Waals surface area contributed by atoms with Crippen molar-refractivity contribution < 1.29 is 99.9 Å². The molecule has 6 aromatic rings. The van der Waals surface area contributed by atoms with Crippen LogP contribution in [0.2, 0.25) is 0 Å². The number of nitrogens with zero attached hydrogens (tertiary/aromatic N) is 2. The van der Waals surface area contributed by atoms with Crippen molar-refractivity contribution in [1.29, 1.82) is 0 Å². The second-order valence-electron chi connectivity index (χ2n) is 26.4. The maximum atomic E-state index is 15.8. The molecule has 5 heterocycles. The lowest BCUT2D eigenvalue weighted by atomic mass is 9.92. The molecule has 0 N–H and O–H groups in total. The molecule has 3 fully saturated rings. The Morgan fingerprint density at radius 2 is 0.740 bits per heavy atom. The first-order chi connectivity index (χ1) is 50.6. The fraction of sp³-hybridized carbons (Fsp3) is 0.444. The van der Waals surface area contributed by atoms with E-state index in [0.29, 0.717) is 12.0 Å². The highest BCUT2D eigenvalue weighted by molar-refractivity contribution is 6.21. The summed E-state index contributed by atoms with van der Waals surface area (Å²) in [5.74, 6) is -5.77. The Bertz CT molecular complexity index is 3790. The van der Waals surface area contributed by atoms with Crippen LogP contribution in [0.15, 0.2) is 187 Å². The van der Waals surface area contributed by atoms with Crippen molar-refractivity contribution in [1.82, 2.24) is 9.80 Å². The van der Waals surface area contributed by atoms with Gasteiger partial charge in [-0.25, -0.2) is 0 Å². The minimum Gasteiger partial charge on any atom is -0.463 e. The summed E-state index contributed by atoms with van der Waals surface area (Å²) >= 11 is 0. The van der Waals surface area contributed by atoms with Gasteiger partial charge in [0.1, 0.15) is 67.5 Å². The van der Waals surface area contributed by atoms with Crippen molar-refractivity contribution in [3.05, 3.63) is 226 Å². The fourth-order valence-electron chi connectivity index (χ4n) is 13.7. The van der Waals surface area contributed by atoms with Crippen molar-refractivity contribution in [3.63, 3.8) is 0 Å². The van der Waals surface area contributed by atoms with E-state index >= 15 is 9.59 Å². The molecule has 5 aliphatic rings. The van der Waals surface area contributed by atoms with Crippen molar-refractivity contribution in [2.75, 3.05) is 26.4 Å². The average molecular weight is 1430 g/mol. The quantitative estimate of drug-likeness (QED) is 0.0155. The molecule has 11 rings (SSSR count). The van der Waals surface area contributed by atoms with Gasteiger partial charge in [-0.05, 0) is 60.2 Å². The van der Waals surface area contributed by atoms with E-state index in [1.54, 1.807) is 12.1 Å². The van der Waals surface area contributed by atoms with Gasteiger partial charge in [0, 0.05) is 38.5 Å². The highest BCUT2D eigenvalue weighted by Gasteiger charge is 2.62. The van der Waals surface area contributed by atoms with Crippen LogP contribution in [0.1, 0.15) is 129 Å². The molecule has 0 aliphatic carbocycles. The Morgan fingerprint density at radius 3 is 1.21 bits per heavy atom. The maximum absolute atomic E-state index is 15.8. The first kappa shape index (κ1) is 76.4. The Kier molecular flexibility index (Phi) is 27.4. The second kappa shape index (κ2) is 37.3. The Balaban J connectivity index is 1.09. The number of unbranched alkanes of at least 4 members (excludes halogenated alkanes) is 5. The molecular weight excluding hydrogens is 1340 g/mol. The number of fused-ring (bicyclic) bond motifs is 1. The van der Waals surface area contributed by atoms with E-state index in [-0.39, 0.29) is 75.1 Å². The second-order valence-corrected chi connectivity index (χ2v) is 26.4. The normalized spacial score (nSPS) is 26.2. The van der Waals surface area contributed by atoms with E-state index in [2.05, 4.69) is 6.92 Å². The summed E-state index contributed by atoms with van der Waals surface area (Å²) < 4.78 is 96.0. The molecule has 23 nitrogen and oxygen atoms in total. The first-order valence-electron chi connectivity index (χ1n) is 35.7. The fourth-order valence-corrected chi connectivity index (χ4v) is 13.7. The summed E-state index contributed by atoms with van der Waals surface area (Å²) in [7, 11) is 0. The highest BCUT2D eigenvalue weighted by Crippen LogP contribution is 2.43. The van der Waals surface area contributed by atoms with E-state index < -0.39 is 140 Å². The zero-order chi connectivity index (χ0) is 73.1. The standard InChI is InChI=1S/C81H92N2O21/c1-7-8-9-10-11-29-42-93-81-74(73(97-47-60-38-25-16-26-39-60)68(95-45-58-34-21-14-22-35-58)63(102-81)48-91-43-56-30-17-12-18-31-56)104-79-66(83-77(89)61-40-27-28-41-62(61)78(83)90)71(96-46-59-36-23-15-24-37-59)69(64(100-79)49-92-44-57-32-19-13-20-33-57)103-80-67(82-75(87)51(2)52(3)76(82)88)72(99-55(6)86)70(98-54(5)85)65(101-80)50-94-53(4)84/h12-28,30-41,63-74,79-81H,7-11,29,42-50H2,1-6H3/t63-,64-,65-,66-,67-,68-,69-,70+,71-,72-,73+,74+,79+,80+,81+/m1/s1. The van der Waals surface area contributed by atoms with Crippen LogP contribution in [0.4, 0.5) is 0 Å². The van der Waals surface area contributed by atoms with E-state index in [4.69, 9.17) is 66.3 Å². The van der Waals surface area contributed by atoms with Gasteiger partial charge in [-0.1, -0.05) is 203 Å². The van der Waals surface area contributed by atoms with Crippen LogP contribution in [-0.2, 0) is 123 Å². The van der Waals surface area contributed by atoms with Crippen LogP contribution in [0.3, 0.4) is 0 Å². The topological polar surface area (TPSA) is 255 Å². The number of amides is 4. The zero-order valence-electron chi connectivity index (χ0n) is 59.5. The van der Waals surface area contributed by atoms with Crippen LogP contribution >= 0.6 is 0 Å². The van der Waals surface area contributed by atoms with Gasteiger partial charge in [0.15, 0.2) is 31.1 Å². The number of hydrogen-bond acceptors (Lipinski definition) is 21. The molecule has 0 unspecified atom stereocenters. The first-order valence-corrected chi connectivity index (χ1v) is 35.7. The molecule has 552 valence electrons. The molecular formula is C81H92N2O21. The van der Waals surface area contributed by atoms with Gasteiger partial charge >= 0.3 is 17.9 Å². The molecule has 0 saturated carbocycles. The van der Waals surface area contributed by atoms with Crippen LogP contribution in [0.25, 0.3) is 0 Å². The summed E-state index contributed by atoms with van der Waals surface area (Å²) in [5.41, 5.74) is 4.12. The Hall–Kier alpha value is -8.69. The number of carbonyl (C=O) groups excluding carboxylic acids is 7. The van der Waals surface area contributed by atoms with E-state index in [0.717, 1.165) is 84.9 Å². The molecule has 0 radical (unpaired) electrons. The van der Waals surface area contributed by atoms with Crippen molar-refractivity contribution in [2.24, 2.45) is 0 Å². The number of benzene rings is 6. The van der Waals surface area contributed by atoms with Gasteiger partial charge in [0.2, 0.25) is 0 Å². The zero-order valence-corrected chi connectivity index (χ0v) is 59.5. The molecule has 5 aliphatic heterocycles. The molecule has 0 bridgehead atoms. The Labute approximate surface area is 606 Å². The van der Waals surface area contributed by atoms with E-state index in [1.807, 2.05) is 152 Å². The third-order valence-electron chi connectivity index (χ3n) is 18.9. The highest BCUT2D eigenvalue weighted by atomic mass is 16.8. The van der Waals surface area contributed by atoms with Crippen LogP contribution in [-0.4, -0.2) is 170 Å². The van der Waals surface area contributed by atoms with Crippen LogP contribution < -0.4 is 0 Å². The Morgan fingerprint density at radius 1 is 0.365 bits per heavy atom. The minimum atomic E-state index is -1.96. The van der Waals surface area contributed by atoms with Crippen LogP contribution in [0.5, 0.6) is 0 Å². The number of esters is 3. The van der Waals surface area contributed by atoms with Gasteiger partial charge in [-0.2, -0.15) is 0 Å². The number of hydrogen-bond donors (Lipinski definition) is 0. The summed E-state index contributed by atoms with van der Waals surface area (Å²) in [4.78, 5) is 103. The van der Waals surface area contributed by atoms with Crippen molar-refractivity contribution in [3.8, 4) is 0 Å². The number of imide groups is 2. The monoisotopic (exact) mass is 1430 g/mol. The molecule has 6 aromatic carbocycles. The minimum absolute atomic E-state index is 0.00266. The summed E-state index contributed by atoms with van der Waals surface area (Å²) in [6, 6.07) is 50.1. The molecule has 104 heavy (non-hydrogen) atoms. The average Bonchev–Trinajstić information content (AvgIpc) is 1.40. The number of ether oxygens (including phenoxy) is 14. The smallest absolute Gasteiger partial charge is 0.303 e. The third kappa shape index (κ3) is 19.2. The predicted molar refractivity (Wildman–Crippen MR) is 375 cm³/mol.